The molecular formula is C69H72N4O6. The van der Waals surface area contributed by atoms with E-state index in [1.165, 1.54) is 92.1 Å². The van der Waals surface area contributed by atoms with E-state index < -0.39 is 11.5 Å². The summed E-state index contributed by atoms with van der Waals surface area (Å²) in [5.41, 5.74) is 7.77. The number of phenols is 5. The van der Waals surface area contributed by atoms with Gasteiger partial charge in [-0.3, -0.25) is 0 Å². The van der Waals surface area contributed by atoms with Crippen molar-refractivity contribution in [2.45, 2.75) is 137 Å². The number of phenolic OH excluding ortho intramolecular Hbond substituents is 5. The van der Waals surface area contributed by atoms with Gasteiger partial charge in [0.1, 0.15) is 5.75 Å². The Kier molecular flexibility index (Phi) is 10.5. The maximum Gasteiger partial charge on any atom is 0.169 e. The Balaban J connectivity index is 0.822. The van der Waals surface area contributed by atoms with Crippen LogP contribution >= 0.6 is 0 Å². The molecular weight excluding hydrogens is 981 g/mol. The molecule has 6 fully saturated rings. The van der Waals surface area contributed by atoms with Gasteiger partial charge in [0.15, 0.2) is 23.0 Å². The molecule has 10 heteroatoms. The summed E-state index contributed by atoms with van der Waals surface area (Å²) in [4.78, 5) is 9.59. The summed E-state index contributed by atoms with van der Waals surface area (Å²) in [5.74, 6) is 0.769. The molecule has 0 amide bonds. The fraction of sp³-hybridized carbons (Fsp3) is 0.435. The van der Waals surface area contributed by atoms with Gasteiger partial charge in [-0.1, -0.05) is 128 Å². The molecule has 0 radical (unpaired) electrons. The number of benzene rings is 5. The Hall–Kier alpha value is -6.59. The normalized spacial score (nSPS) is 38.8. The molecule has 3 aliphatic heterocycles. The maximum absolute atomic E-state index is 13.3. The molecule has 5 aromatic carbocycles. The molecule has 6 aromatic rings. The van der Waals surface area contributed by atoms with Crippen LogP contribution in [-0.4, -0.2) is 64.8 Å². The summed E-state index contributed by atoms with van der Waals surface area (Å²) in [6.45, 7) is 0. The van der Waals surface area contributed by atoms with Crippen molar-refractivity contribution in [2.75, 3.05) is 0 Å². The fourth-order valence-electron chi connectivity index (χ4n) is 21.1. The van der Waals surface area contributed by atoms with Crippen molar-refractivity contribution in [3.05, 3.63) is 179 Å². The molecule has 404 valence electrons. The first-order valence-electron chi connectivity index (χ1n) is 29.8. The number of aliphatic hydroxyl groups is 1. The number of fused-ring (bicyclic) bond motifs is 8. The number of imidazole rings is 1. The number of nitrogens with zero attached hydrogens (tertiary/aromatic N) is 1. The molecule has 1 aromatic heterocycles. The number of nitrogens with one attached hydrogen (secondary N) is 3. The lowest BCUT2D eigenvalue weighted by atomic mass is 9.28. The lowest BCUT2D eigenvalue weighted by molar-refractivity contribution is -0.239. The van der Waals surface area contributed by atoms with Crippen LogP contribution in [0.2, 0.25) is 0 Å². The van der Waals surface area contributed by atoms with E-state index in [4.69, 9.17) is 10.3 Å². The summed E-state index contributed by atoms with van der Waals surface area (Å²) < 4.78 is 0. The van der Waals surface area contributed by atoms with E-state index in [-0.39, 0.29) is 85.8 Å². The molecule has 4 spiro atoms. The van der Waals surface area contributed by atoms with Crippen LogP contribution in [0.4, 0.5) is 0 Å². The van der Waals surface area contributed by atoms with E-state index in [0.717, 1.165) is 31.2 Å². The van der Waals surface area contributed by atoms with Gasteiger partial charge < -0.3 is 46.3 Å². The van der Waals surface area contributed by atoms with Crippen molar-refractivity contribution >= 4 is 22.9 Å². The topological polar surface area (TPSA) is 174 Å². The Morgan fingerprint density at radius 2 is 1.57 bits per heavy atom. The number of aryl methyl sites for hydroxylation is 1. The number of piperidine rings is 2. The second-order valence-electron chi connectivity index (χ2n) is 26.5. The third-order valence-corrected chi connectivity index (χ3v) is 23.7. The van der Waals surface area contributed by atoms with Gasteiger partial charge in [0, 0.05) is 58.6 Å². The van der Waals surface area contributed by atoms with Crippen LogP contribution in [0.3, 0.4) is 0 Å². The second-order valence-corrected chi connectivity index (χ2v) is 26.5. The van der Waals surface area contributed by atoms with Gasteiger partial charge in [0.2, 0.25) is 0 Å². The Bertz CT molecular complexity index is 3590. The number of rotatable bonds is 7. The molecule has 2 saturated heterocycles. The number of hydrogen-bond donors (Lipinski definition) is 9. The fourth-order valence-corrected chi connectivity index (χ4v) is 21.1. The van der Waals surface area contributed by atoms with Crippen LogP contribution < -0.4 is 10.6 Å². The smallest absolute Gasteiger partial charge is 0.169 e. The lowest BCUT2D eigenvalue weighted by Crippen LogP contribution is -2.80. The summed E-state index contributed by atoms with van der Waals surface area (Å²) in [5, 5.41) is 77.5. The number of aromatic amines is 1. The Labute approximate surface area is 462 Å². The van der Waals surface area contributed by atoms with Gasteiger partial charge in [-0.15, -0.1) is 0 Å². The molecule has 7 aliphatic carbocycles. The zero-order valence-electron chi connectivity index (χ0n) is 44.7. The average Bonchev–Trinajstić information content (AvgIpc) is 1.94. The lowest BCUT2D eigenvalue weighted by Gasteiger charge is -2.77. The molecule has 4 bridgehead atoms. The molecule has 0 unspecified atom stereocenters. The van der Waals surface area contributed by atoms with Crippen LogP contribution in [0.1, 0.15) is 140 Å². The molecule has 4 saturated carbocycles. The van der Waals surface area contributed by atoms with Crippen LogP contribution in [0, 0.1) is 45.3 Å². The highest BCUT2D eigenvalue weighted by atomic mass is 16.3. The SMILES string of the molecule is Oc1ccc(/C=C/c2c(CCc3ccc([C@H]4C[C@@]5(C[C@@H]6N[C@@H](C=C[C@H]6c6ccccc6)C5)[C@H]5C[C@H]6CC[C@@]78C=C[C@@H](C7)c7[nH]cnc7[C@]7([C@@H]5N4)[C@H]4[C@@H](O)C=C[C@@H]5CCC[C@@]54CC[C@]687)cc3)c(O)c(O)c3c(O)cccc23)cc1O. The minimum absolute atomic E-state index is 0.00604. The highest BCUT2D eigenvalue weighted by molar-refractivity contribution is 6.03. The first kappa shape index (κ1) is 48.3. The molecule has 16 atom stereocenters. The minimum atomic E-state index is -0.559. The van der Waals surface area contributed by atoms with Gasteiger partial charge in [-0.05, 0) is 174 Å². The number of aromatic nitrogens is 2. The average molecular weight is 1050 g/mol. The van der Waals surface area contributed by atoms with Crippen molar-refractivity contribution in [1.82, 2.24) is 20.6 Å². The number of aromatic hydroxyl groups is 5. The van der Waals surface area contributed by atoms with E-state index in [1.54, 1.807) is 18.2 Å². The van der Waals surface area contributed by atoms with Gasteiger partial charge in [-0.25, -0.2) is 4.98 Å². The predicted molar refractivity (Wildman–Crippen MR) is 307 cm³/mol. The highest BCUT2D eigenvalue weighted by Gasteiger charge is 2.84. The van der Waals surface area contributed by atoms with Gasteiger partial charge >= 0.3 is 0 Å². The molecule has 4 heterocycles. The largest absolute Gasteiger partial charge is 0.507 e. The first-order valence-corrected chi connectivity index (χ1v) is 29.8. The summed E-state index contributed by atoms with van der Waals surface area (Å²) >= 11 is 0. The van der Waals surface area contributed by atoms with Crippen molar-refractivity contribution in [3.63, 3.8) is 0 Å². The van der Waals surface area contributed by atoms with Crippen molar-refractivity contribution in [2.24, 2.45) is 45.3 Å². The second kappa shape index (κ2) is 17.2. The maximum atomic E-state index is 13.3. The van der Waals surface area contributed by atoms with Crippen LogP contribution in [0.15, 0.2) is 134 Å². The number of allylic oxidation sites excluding steroid dienone is 3. The van der Waals surface area contributed by atoms with E-state index in [0.29, 0.717) is 64.6 Å². The monoisotopic (exact) mass is 1050 g/mol. The molecule has 16 rings (SSSR count). The summed E-state index contributed by atoms with van der Waals surface area (Å²) in [6.07, 6.45) is 35.1. The zero-order chi connectivity index (χ0) is 53.2. The number of H-pyrrole nitrogens is 1. The Morgan fingerprint density at radius 3 is 2.43 bits per heavy atom. The molecule has 9 N–H and O–H groups in total. The van der Waals surface area contributed by atoms with E-state index in [9.17, 15) is 30.6 Å². The summed E-state index contributed by atoms with van der Waals surface area (Å²) in [6, 6.07) is 30.7. The Morgan fingerprint density at radius 1 is 0.696 bits per heavy atom. The third kappa shape index (κ3) is 6.48. The molecule has 10 aliphatic rings. The van der Waals surface area contributed by atoms with Crippen molar-refractivity contribution < 1.29 is 30.6 Å². The zero-order valence-corrected chi connectivity index (χ0v) is 44.7. The first-order chi connectivity index (χ1) is 38.5. The van der Waals surface area contributed by atoms with Gasteiger partial charge in [0.05, 0.1) is 23.5 Å². The van der Waals surface area contributed by atoms with E-state index >= 15 is 0 Å². The molecule has 10 nitrogen and oxygen atoms in total. The summed E-state index contributed by atoms with van der Waals surface area (Å²) in [7, 11) is 0. The highest BCUT2D eigenvalue weighted by Crippen LogP contribution is 2.85. The quantitative estimate of drug-likeness (QED) is 0.0428. The van der Waals surface area contributed by atoms with Crippen molar-refractivity contribution in [1.29, 1.82) is 0 Å². The number of aliphatic hydroxyl groups excluding tert-OH is 1. The predicted octanol–water partition coefficient (Wildman–Crippen LogP) is 12.4. The van der Waals surface area contributed by atoms with Crippen LogP contribution in [0.25, 0.3) is 22.9 Å². The van der Waals surface area contributed by atoms with Crippen molar-refractivity contribution in [3.8, 4) is 28.7 Å². The molecule has 79 heavy (non-hydrogen) atoms. The third-order valence-electron chi connectivity index (χ3n) is 23.7. The van der Waals surface area contributed by atoms with Crippen LogP contribution in [0.5, 0.6) is 28.7 Å². The van der Waals surface area contributed by atoms with Crippen LogP contribution in [-0.2, 0) is 18.3 Å². The van der Waals surface area contributed by atoms with E-state index in [2.05, 4.69) is 101 Å². The minimum Gasteiger partial charge on any atom is -0.507 e. The standard InChI is InChI=1S/C69H72N4O6/c74-54-23-15-40(32-57(54)77)14-20-48-49-9-4-10-55(75)58(49)61(79)60(78)50(48)21-13-39-11-16-42(17-12-39)52-36-65(35-46-19-22-47(53(37-65)72-46)41-6-2-1-3-7-41)51-33-45-26-29-66-28-25-43(34-66)59-64(71-38-70-59)69(63(51)73-52)62-56(76)24-18-44-8-5-27-67(44,62)30-31-68(45,66)69/h1-4,6-7,9-12,14-20,22-25,28,32,38,43-47,51-53,56,62-63,72-79H,5,8,13,21,26-27,29-31,33-37H2,(H,70,71)/b20-14+/t43-,44-,45+,46-,47-,51-,52+,53-,56-,62-,63+,65-,66-,67+,68-,69+/m0/s1. The van der Waals surface area contributed by atoms with Gasteiger partial charge in [0.25, 0.3) is 0 Å². The van der Waals surface area contributed by atoms with Gasteiger partial charge in [-0.2, -0.15) is 0 Å². The number of hydrogen-bond acceptors (Lipinski definition) is 9. The van der Waals surface area contributed by atoms with E-state index in [1.807, 2.05) is 18.5 Å².